The van der Waals surface area contributed by atoms with Crippen LogP contribution in [0.15, 0.2) is 24.3 Å². The third kappa shape index (κ3) is 2.96. The molecule has 0 saturated carbocycles. The third-order valence-corrected chi connectivity index (χ3v) is 3.91. The van der Waals surface area contributed by atoms with Crippen molar-refractivity contribution in [2.45, 2.75) is 38.7 Å². The van der Waals surface area contributed by atoms with Gasteiger partial charge >= 0.3 is 12.1 Å². The van der Waals surface area contributed by atoms with Gasteiger partial charge in [-0.1, -0.05) is 0 Å². The number of ether oxygens (including phenoxy) is 3. The average molecular weight is 331 g/mol. The minimum absolute atomic E-state index is 0.311. The summed E-state index contributed by atoms with van der Waals surface area (Å²) >= 11 is 0. The summed E-state index contributed by atoms with van der Waals surface area (Å²) in [6.07, 6.45) is 0.0482. The van der Waals surface area contributed by atoms with Crippen molar-refractivity contribution < 1.29 is 23.8 Å². The number of cyclic esters (lactones) is 1. The normalized spacial score (nSPS) is 17.8. The summed E-state index contributed by atoms with van der Waals surface area (Å²) in [7, 11) is 1.58. The molecule has 1 atom stereocenters. The quantitative estimate of drug-likeness (QED) is 0.788. The van der Waals surface area contributed by atoms with Crippen LogP contribution >= 0.6 is 0 Å². The number of hydrogen-bond donors (Lipinski definition) is 0. The first-order valence-electron chi connectivity index (χ1n) is 7.89. The highest BCUT2D eigenvalue weighted by Crippen LogP contribution is 2.33. The summed E-state index contributed by atoms with van der Waals surface area (Å²) in [5.74, 6) is -0.0881. The summed E-state index contributed by atoms with van der Waals surface area (Å²) < 4.78 is 17.3. The number of rotatable bonds is 2. The number of esters is 1. The third-order valence-electron chi connectivity index (χ3n) is 3.91. The second-order valence-electron chi connectivity index (χ2n) is 6.82. The molecule has 2 heterocycles. The molecule has 0 radical (unpaired) electrons. The van der Waals surface area contributed by atoms with Gasteiger partial charge in [0, 0.05) is 17.5 Å². The fraction of sp³-hybridized carbons (Fsp3) is 0.444. The first kappa shape index (κ1) is 16.4. The molecule has 1 aromatic carbocycles. The highest BCUT2D eigenvalue weighted by atomic mass is 16.6. The molecular formula is C18H21NO5. The predicted octanol–water partition coefficient (Wildman–Crippen LogP) is 3.46. The van der Waals surface area contributed by atoms with E-state index < -0.39 is 17.6 Å². The summed E-state index contributed by atoms with van der Waals surface area (Å²) in [6, 6.07) is 7.24. The Kier molecular flexibility index (Phi) is 3.99. The SMILES string of the molecule is COc1ccc2c(c1)cc(C1CCOC1=O)n2C(=O)OC(C)(C)C. The van der Waals surface area contributed by atoms with Gasteiger partial charge in [0.1, 0.15) is 17.3 Å². The van der Waals surface area contributed by atoms with E-state index in [0.29, 0.717) is 30.0 Å². The van der Waals surface area contributed by atoms with Crippen molar-refractivity contribution in [3.8, 4) is 5.75 Å². The van der Waals surface area contributed by atoms with Crippen LogP contribution in [0.5, 0.6) is 5.75 Å². The summed E-state index contributed by atoms with van der Waals surface area (Å²) in [5.41, 5.74) is 0.642. The number of nitrogens with zero attached hydrogens (tertiary/aromatic N) is 1. The molecule has 0 N–H and O–H groups in total. The smallest absolute Gasteiger partial charge is 0.419 e. The zero-order chi connectivity index (χ0) is 17.5. The van der Waals surface area contributed by atoms with E-state index in [4.69, 9.17) is 14.2 Å². The van der Waals surface area contributed by atoms with Gasteiger partial charge in [-0.25, -0.2) is 9.36 Å². The van der Waals surface area contributed by atoms with Crippen molar-refractivity contribution >= 4 is 23.0 Å². The van der Waals surface area contributed by atoms with Crippen molar-refractivity contribution in [1.29, 1.82) is 0 Å². The van der Waals surface area contributed by atoms with Gasteiger partial charge in [0.2, 0.25) is 0 Å². The van der Waals surface area contributed by atoms with Gasteiger partial charge in [0.05, 0.1) is 19.2 Å². The van der Waals surface area contributed by atoms with Crippen LogP contribution < -0.4 is 4.74 Å². The molecule has 2 aromatic rings. The first-order chi connectivity index (χ1) is 11.3. The van der Waals surface area contributed by atoms with Crippen LogP contribution in [0.3, 0.4) is 0 Å². The lowest BCUT2D eigenvalue weighted by molar-refractivity contribution is -0.139. The number of carbonyl (C=O) groups is 2. The van der Waals surface area contributed by atoms with Crippen LogP contribution in [0.2, 0.25) is 0 Å². The summed E-state index contributed by atoms with van der Waals surface area (Å²) in [6.45, 7) is 5.79. The van der Waals surface area contributed by atoms with Crippen molar-refractivity contribution in [3.05, 3.63) is 30.0 Å². The van der Waals surface area contributed by atoms with Crippen molar-refractivity contribution in [2.24, 2.45) is 0 Å². The minimum Gasteiger partial charge on any atom is -0.497 e. The standard InChI is InChI=1S/C18H21NO5/c1-18(2,3)24-17(21)19-14-6-5-12(22-4)9-11(14)10-15(19)13-7-8-23-16(13)20/h5-6,9-10,13H,7-8H2,1-4H3. The van der Waals surface area contributed by atoms with E-state index in [1.807, 2.05) is 32.9 Å². The Morgan fingerprint density at radius 2 is 2.04 bits per heavy atom. The molecule has 0 aliphatic carbocycles. The Hall–Kier alpha value is -2.50. The molecule has 1 unspecified atom stereocenters. The maximum atomic E-state index is 12.7. The lowest BCUT2D eigenvalue weighted by Crippen LogP contribution is -2.28. The van der Waals surface area contributed by atoms with E-state index in [1.165, 1.54) is 4.57 Å². The largest absolute Gasteiger partial charge is 0.497 e. The van der Waals surface area contributed by atoms with Crippen LogP contribution in [-0.2, 0) is 14.3 Å². The van der Waals surface area contributed by atoms with Crippen molar-refractivity contribution in [2.75, 3.05) is 13.7 Å². The van der Waals surface area contributed by atoms with Crippen LogP contribution in [0.25, 0.3) is 10.9 Å². The lowest BCUT2D eigenvalue weighted by atomic mass is 10.0. The molecule has 1 fully saturated rings. The second kappa shape index (κ2) is 5.85. The van der Waals surface area contributed by atoms with Crippen LogP contribution in [0, 0.1) is 0 Å². The number of fused-ring (bicyclic) bond motifs is 1. The fourth-order valence-corrected chi connectivity index (χ4v) is 2.87. The Morgan fingerprint density at radius 3 is 2.62 bits per heavy atom. The zero-order valence-electron chi connectivity index (χ0n) is 14.3. The van der Waals surface area contributed by atoms with E-state index in [1.54, 1.807) is 19.2 Å². The minimum atomic E-state index is -0.631. The average Bonchev–Trinajstić information content (AvgIpc) is 3.07. The Morgan fingerprint density at radius 1 is 1.29 bits per heavy atom. The monoisotopic (exact) mass is 331 g/mol. The highest BCUT2D eigenvalue weighted by Gasteiger charge is 2.34. The molecule has 1 aliphatic heterocycles. The van der Waals surface area contributed by atoms with Gasteiger partial charge in [-0.2, -0.15) is 0 Å². The van der Waals surface area contributed by atoms with Gasteiger partial charge in [0.15, 0.2) is 0 Å². The fourth-order valence-electron chi connectivity index (χ4n) is 2.87. The predicted molar refractivity (Wildman–Crippen MR) is 88.4 cm³/mol. The van der Waals surface area contributed by atoms with Gasteiger partial charge in [0.25, 0.3) is 0 Å². The van der Waals surface area contributed by atoms with Crippen LogP contribution in [0.1, 0.15) is 38.8 Å². The summed E-state index contributed by atoms with van der Waals surface area (Å²) in [4.78, 5) is 24.8. The Balaban J connectivity index is 2.15. The lowest BCUT2D eigenvalue weighted by Gasteiger charge is -2.21. The highest BCUT2D eigenvalue weighted by molar-refractivity contribution is 5.94. The van der Waals surface area contributed by atoms with Crippen LogP contribution in [-0.4, -0.2) is 35.9 Å². The molecule has 0 spiro atoms. The zero-order valence-corrected chi connectivity index (χ0v) is 14.3. The molecule has 0 bridgehead atoms. The number of hydrogen-bond acceptors (Lipinski definition) is 5. The van der Waals surface area contributed by atoms with Crippen LogP contribution in [0.4, 0.5) is 4.79 Å². The van der Waals surface area contributed by atoms with Crippen molar-refractivity contribution in [1.82, 2.24) is 4.57 Å². The molecule has 1 aromatic heterocycles. The number of benzene rings is 1. The van der Waals surface area contributed by atoms with E-state index in [2.05, 4.69) is 0 Å². The molecule has 128 valence electrons. The molecular weight excluding hydrogens is 310 g/mol. The molecule has 1 saturated heterocycles. The maximum absolute atomic E-state index is 12.7. The van der Waals surface area contributed by atoms with Crippen molar-refractivity contribution in [3.63, 3.8) is 0 Å². The van der Waals surface area contributed by atoms with Gasteiger partial charge in [-0.05, 0) is 45.0 Å². The topological polar surface area (TPSA) is 66.8 Å². The van der Waals surface area contributed by atoms with E-state index in [9.17, 15) is 9.59 Å². The number of aromatic nitrogens is 1. The Bertz CT molecular complexity index is 800. The van der Waals surface area contributed by atoms with Gasteiger partial charge in [-0.15, -0.1) is 0 Å². The molecule has 3 rings (SSSR count). The van der Waals surface area contributed by atoms with E-state index >= 15 is 0 Å². The van der Waals surface area contributed by atoms with Gasteiger partial charge < -0.3 is 14.2 Å². The maximum Gasteiger partial charge on any atom is 0.419 e. The first-order valence-corrected chi connectivity index (χ1v) is 7.89. The van der Waals surface area contributed by atoms with Gasteiger partial charge in [-0.3, -0.25) is 4.79 Å². The number of methoxy groups -OCH3 is 1. The molecule has 6 nitrogen and oxygen atoms in total. The number of carbonyl (C=O) groups excluding carboxylic acids is 2. The molecule has 24 heavy (non-hydrogen) atoms. The van der Waals surface area contributed by atoms with E-state index in [-0.39, 0.29) is 5.97 Å². The summed E-state index contributed by atoms with van der Waals surface area (Å²) in [5, 5.41) is 0.815. The molecule has 6 heteroatoms. The molecule has 1 aliphatic rings. The molecule has 0 amide bonds. The second-order valence-corrected chi connectivity index (χ2v) is 6.82. The Labute approximate surface area is 140 Å². The van der Waals surface area contributed by atoms with E-state index in [0.717, 1.165) is 5.39 Å².